The smallest absolute Gasteiger partial charge is 0.320 e. The Balaban J connectivity index is 0.000000382. The van der Waals surface area contributed by atoms with Gasteiger partial charge in [0.2, 0.25) is 0 Å². The Labute approximate surface area is 124 Å². The lowest BCUT2D eigenvalue weighted by Gasteiger charge is -2.31. The fourth-order valence-corrected chi connectivity index (χ4v) is 2.21. The van der Waals surface area contributed by atoms with Crippen LogP contribution in [0.2, 0.25) is 0 Å². The number of aliphatic hydroxyl groups is 1. The minimum Gasteiger partial charge on any atom is -0.544 e. The van der Waals surface area contributed by atoms with E-state index in [-0.39, 0.29) is 19.0 Å². The predicted molar refractivity (Wildman–Crippen MR) is 74.9 cm³/mol. The van der Waals surface area contributed by atoms with Crippen molar-refractivity contribution < 1.29 is 29.4 Å². The summed E-state index contributed by atoms with van der Waals surface area (Å²) >= 11 is 0. The Morgan fingerprint density at radius 2 is 1.95 bits per heavy atom. The lowest BCUT2D eigenvalue weighted by atomic mass is 10.1. The number of aliphatic hydroxyl groups excluding tert-OH is 1. The van der Waals surface area contributed by atoms with Crippen LogP contribution in [0.3, 0.4) is 0 Å². The van der Waals surface area contributed by atoms with Crippen LogP contribution in [-0.4, -0.2) is 72.0 Å². The van der Waals surface area contributed by atoms with E-state index in [0.717, 1.165) is 19.4 Å². The largest absolute Gasteiger partial charge is 0.544 e. The maximum absolute atomic E-state index is 10.5. The van der Waals surface area contributed by atoms with E-state index in [1.54, 1.807) is 0 Å². The number of nitrogens with two attached hydrogens (primary N) is 2. The van der Waals surface area contributed by atoms with E-state index < -0.39 is 24.1 Å². The number of hydrogen-bond donors (Lipinski definition) is 4. The third kappa shape index (κ3) is 7.37. The molecule has 0 aromatic heterocycles. The average Bonchev–Trinajstić information content (AvgIpc) is 2.75. The highest BCUT2D eigenvalue weighted by Crippen LogP contribution is 2.21. The monoisotopic (exact) mass is 305 g/mol. The minimum absolute atomic E-state index is 0.145. The molecule has 0 bridgehead atoms. The fourth-order valence-electron chi connectivity index (χ4n) is 2.21. The standard InChI is InChI=1S/C7H13NO2.C6H14N2O3/c1-8(2)5-3-4-6(8)7(9)10;7-3-4(9)1-2-5(8)6(10)11/h6H,3-5H2,1-2H3;4-5,9H,1-3,7-8H2,(H,10,11)/t6-;/m0./s1. The fraction of sp³-hybridized carbons (Fsp3) is 0.846. The number of aliphatic carboxylic acids is 2. The molecule has 1 saturated heterocycles. The minimum atomic E-state index is -1.05. The summed E-state index contributed by atoms with van der Waals surface area (Å²) in [6.07, 6.45) is 1.74. The normalized spacial score (nSPS) is 22.8. The van der Waals surface area contributed by atoms with Gasteiger partial charge in [0, 0.05) is 19.4 Å². The molecule has 1 aliphatic rings. The predicted octanol–water partition coefficient (Wildman–Crippen LogP) is -2.53. The van der Waals surface area contributed by atoms with Gasteiger partial charge >= 0.3 is 5.97 Å². The molecule has 0 aliphatic carbocycles. The maximum Gasteiger partial charge on any atom is 0.320 e. The molecule has 21 heavy (non-hydrogen) atoms. The topological polar surface area (TPSA) is 150 Å². The van der Waals surface area contributed by atoms with Gasteiger partial charge in [-0.05, 0) is 12.8 Å². The molecule has 2 unspecified atom stereocenters. The molecule has 0 spiro atoms. The van der Waals surface area contributed by atoms with Gasteiger partial charge in [-0.15, -0.1) is 0 Å². The molecule has 0 radical (unpaired) electrons. The molecule has 1 rings (SSSR count). The van der Waals surface area contributed by atoms with Gasteiger partial charge in [0.25, 0.3) is 0 Å². The Bertz CT molecular complexity index is 349. The maximum atomic E-state index is 10.5. The second-order valence-electron chi connectivity index (χ2n) is 5.89. The van der Waals surface area contributed by atoms with Crippen LogP contribution in [0, 0.1) is 0 Å². The van der Waals surface area contributed by atoms with E-state index in [1.807, 2.05) is 14.1 Å². The van der Waals surface area contributed by atoms with E-state index in [2.05, 4.69) is 0 Å². The summed E-state index contributed by atoms with van der Waals surface area (Å²) in [6, 6.07) is -1.17. The number of carboxylic acids is 2. The van der Waals surface area contributed by atoms with Gasteiger partial charge in [0.05, 0.1) is 32.7 Å². The molecule has 3 atom stereocenters. The Kier molecular flexibility index (Phi) is 8.41. The van der Waals surface area contributed by atoms with Gasteiger partial charge < -0.3 is 36.1 Å². The molecule has 6 N–H and O–H groups in total. The summed E-state index contributed by atoms with van der Waals surface area (Å²) in [5, 5.41) is 27.7. The van der Waals surface area contributed by atoms with Crippen LogP contribution in [0.4, 0.5) is 0 Å². The summed E-state index contributed by atoms with van der Waals surface area (Å²) in [6.45, 7) is 1.10. The molecule has 1 fully saturated rings. The van der Waals surface area contributed by atoms with E-state index in [4.69, 9.17) is 21.7 Å². The first-order valence-corrected chi connectivity index (χ1v) is 7.01. The van der Waals surface area contributed by atoms with Crippen molar-refractivity contribution in [3.63, 3.8) is 0 Å². The molecule has 8 heteroatoms. The van der Waals surface area contributed by atoms with Crippen molar-refractivity contribution in [2.24, 2.45) is 11.5 Å². The zero-order valence-corrected chi connectivity index (χ0v) is 12.7. The van der Waals surface area contributed by atoms with Crippen LogP contribution in [0.25, 0.3) is 0 Å². The quantitative estimate of drug-likeness (QED) is 0.395. The van der Waals surface area contributed by atoms with Crippen molar-refractivity contribution in [1.82, 2.24) is 0 Å². The molecule has 0 aromatic carbocycles. The van der Waals surface area contributed by atoms with Crippen LogP contribution in [0.15, 0.2) is 0 Å². The van der Waals surface area contributed by atoms with E-state index in [0.29, 0.717) is 10.9 Å². The molecular weight excluding hydrogens is 278 g/mol. The number of carbonyl (C=O) groups is 2. The van der Waals surface area contributed by atoms with Crippen LogP contribution in [0.5, 0.6) is 0 Å². The number of rotatable bonds is 6. The second kappa shape index (κ2) is 8.93. The summed E-state index contributed by atoms with van der Waals surface area (Å²) in [7, 11) is 3.88. The number of likely N-dealkylation sites (N-methyl/N-ethyl adjacent to an activating group) is 1. The van der Waals surface area contributed by atoms with E-state index in [9.17, 15) is 14.7 Å². The average molecular weight is 305 g/mol. The lowest BCUT2D eigenvalue weighted by Crippen LogP contribution is -2.53. The van der Waals surface area contributed by atoms with Gasteiger partial charge in [-0.3, -0.25) is 4.79 Å². The zero-order chi connectivity index (χ0) is 16.6. The number of nitrogens with zero attached hydrogens (tertiary/aromatic N) is 1. The molecule has 124 valence electrons. The van der Waals surface area contributed by atoms with Crippen LogP contribution < -0.4 is 16.6 Å². The van der Waals surface area contributed by atoms with Crippen molar-refractivity contribution in [2.75, 3.05) is 27.2 Å². The van der Waals surface area contributed by atoms with Crippen molar-refractivity contribution in [3.8, 4) is 0 Å². The first-order chi connectivity index (χ1) is 9.61. The number of likely N-dealkylation sites (tertiary alicyclic amines) is 1. The molecule has 1 heterocycles. The summed E-state index contributed by atoms with van der Waals surface area (Å²) in [4.78, 5) is 20.7. The number of hydrogen-bond acceptors (Lipinski definition) is 6. The second-order valence-corrected chi connectivity index (χ2v) is 5.89. The van der Waals surface area contributed by atoms with Crippen molar-refractivity contribution >= 4 is 11.9 Å². The highest BCUT2D eigenvalue weighted by Gasteiger charge is 2.34. The summed E-state index contributed by atoms with van der Waals surface area (Å²) < 4.78 is 0.586. The Morgan fingerprint density at radius 3 is 2.24 bits per heavy atom. The molecule has 0 amide bonds. The Morgan fingerprint density at radius 1 is 1.38 bits per heavy atom. The highest BCUT2D eigenvalue weighted by atomic mass is 16.4. The van der Waals surface area contributed by atoms with Crippen molar-refractivity contribution in [2.45, 2.75) is 43.9 Å². The van der Waals surface area contributed by atoms with Gasteiger partial charge in [-0.2, -0.15) is 0 Å². The lowest BCUT2D eigenvalue weighted by molar-refractivity contribution is -0.895. The number of carbonyl (C=O) groups excluding carboxylic acids is 1. The van der Waals surface area contributed by atoms with Gasteiger partial charge in [0.15, 0.2) is 0 Å². The third-order valence-electron chi connectivity index (χ3n) is 3.73. The van der Waals surface area contributed by atoms with Crippen molar-refractivity contribution in [1.29, 1.82) is 0 Å². The molecule has 0 aromatic rings. The van der Waals surface area contributed by atoms with Gasteiger partial charge in [-0.25, -0.2) is 0 Å². The first kappa shape index (κ1) is 19.8. The highest BCUT2D eigenvalue weighted by molar-refractivity contribution is 5.72. The summed E-state index contributed by atoms with van der Waals surface area (Å²) in [5.41, 5.74) is 10.3. The van der Waals surface area contributed by atoms with Crippen LogP contribution in [-0.2, 0) is 9.59 Å². The third-order valence-corrected chi connectivity index (χ3v) is 3.73. The summed E-state index contributed by atoms with van der Waals surface area (Å²) in [5.74, 6) is -1.95. The molecular formula is C13H27N3O5. The van der Waals surface area contributed by atoms with Crippen molar-refractivity contribution in [3.05, 3.63) is 0 Å². The Hall–Kier alpha value is -1.22. The molecule has 1 aliphatic heterocycles. The number of carboxylic acid groups (broad SMARTS) is 2. The van der Waals surface area contributed by atoms with Gasteiger partial charge in [-0.1, -0.05) is 0 Å². The molecule has 8 nitrogen and oxygen atoms in total. The molecule has 0 saturated carbocycles. The van der Waals surface area contributed by atoms with E-state index in [1.165, 1.54) is 0 Å². The number of quaternary nitrogens is 1. The van der Waals surface area contributed by atoms with Gasteiger partial charge in [0.1, 0.15) is 12.1 Å². The SMILES string of the molecule is C[N+]1(C)CCC[C@H]1C(=O)[O-].NCC(O)CCC(N)C(=O)O. The van der Waals surface area contributed by atoms with Crippen LogP contribution >= 0.6 is 0 Å². The zero-order valence-electron chi connectivity index (χ0n) is 12.7. The van der Waals surface area contributed by atoms with Crippen LogP contribution in [0.1, 0.15) is 25.7 Å². The first-order valence-electron chi connectivity index (χ1n) is 7.01. The van der Waals surface area contributed by atoms with E-state index >= 15 is 0 Å².